The molecule has 116 valence electrons. The highest BCUT2D eigenvalue weighted by molar-refractivity contribution is 5.27. The number of piperidine rings is 1. The van der Waals surface area contributed by atoms with Crippen molar-refractivity contribution in [1.82, 2.24) is 10.6 Å². The van der Waals surface area contributed by atoms with E-state index in [0.29, 0.717) is 12.1 Å². The van der Waals surface area contributed by atoms with Gasteiger partial charge >= 0.3 is 0 Å². The van der Waals surface area contributed by atoms with Gasteiger partial charge in [-0.3, -0.25) is 0 Å². The number of benzene rings is 2. The van der Waals surface area contributed by atoms with E-state index in [0.717, 1.165) is 18.8 Å². The second kappa shape index (κ2) is 7.43. The zero-order chi connectivity index (χ0) is 15.2. The van der Waals surface area contributed by atoms with Crippen molar-refractivity contribution < 1.29 is 4.74 Å². The fraction of sp³-hybridized carbons (Fsp3) is 0.368. The summed E-state index contributed by atoms with van der Waals surface area (Å²) in [4.78, 5) is 0. The smallest absolute Gasteiger partial charge is 0.118 e. The molecule has 3 rings (SSSR count). The summed E-state index contributed by atoms with van der Waals surface area (Å²) in [6.45, 7) is 1.99. The lowest BCUT2D eigenvalue weighted by Gasteiger charge is -2.34. The van der Waals surface area contributed by atoms with Crippen molar-refractivity contribution in [3.8, 4) is 5.75 Å². The molecule has 1 heterocycles. The van der Waals surface area contributed by atoms with Gasteiger partial charge in [-0.2, -0.15) is 0 Å². The molecule has 0 spiro atoms. The summed E-state index contributed by atoms with van der Waals surface area (Å²) in [5.41, 5.74) is 2.66. The Hall–Kier alpha value is -1.84. The average molecular weight is 296 g/mol. The Morgan fingerprint density at radius 3 is 2.59 bits per heavy atom. The summed E-state index contributed by atoms with van der Waals surface area (Å²) in [5, 5.41) is 7.38. The lowest BCUT2D eigenvalue weighted by molar-refractivity contribution is 0.304. The van der Waals surface area contributed by atoms with Crippen LogP contribution in [-0.4, -0.2) is 19.7 Å². The van der Waals surface area contributed by atoms with E-state index in [-0.39, 0.29) is 0 Å². The van der Waals surface area contributed by atoms with Gasteiger partial charge in [-0.1, -0.05) is 42.5 Å². The van der Waals surface area contributed by atoms with Gasteiger partial charge in [0.15, 0.2) is 0 Å². The van der Waals surface area contributed by atoms with Crippen molar-refractivity contribution in [2.45, 2.75) is 31.5 Å². The van der Waals surface area contributed by atoms with E-state index in [2.05, 4.69) is 53.1 Å². The summed E-state index contributed by atoms with van der Waals surface area (Å²) in [6, 6.07) is 19.9. The van der Waals surface area contributed by atoms with Crippen LogP contribution in [0, 0.1) is 0 Å². The van der Waals surface area contributed by atoms with E-state index in [1.54, 1.807) is 7.11 Å². The predicted octanol–water partition coefficient (Wildman–Crippen LogP) is 3.28. The van der Waals surface area contributed by atoms with Crippen LogP contribution in [0.25, 0.3) is 0 Å². The van der Waals surface area contributed by atoms with E-state index in [1.807, 2.05) is 12.1 Å². The highest BCUT2D eigenvalue weighted by atomic mass is 16.5. The van der Waals surface area contributed by atoms with Gasteiger partial charge in [-0.25, -0.2) is 0 Å². The van der Waals surface area contributed by atoms with Crippen molar-refractivity contribution in [3.63, 3.8) is 0 Å². The number of ether oxygens (including phenoxy) is 1. The van der Waals surface area contributed by atoms with Gasteiger partial charge in [0.25, 0.3) is 0 Å². The van der Waals surface area contributed by atoms with E-state index >= 15 is 0 Å². The fourth-order valence-electron chi connectivity index (χ4n) is 3.11. The largest absolute Gasteiger partial charge is 0.497 e. The molecule has 1 aliphatic rings. The normalized spacial score (nSPS) is 21.5. The van der Waals surface area contributed by atoms with Gasteiger partial charge in [-0.05, 0) is 42.6 Å². The van der Waals surface area contributed by atoms with Crippen LogP contribution in [-0.2, 0) is 6.54 Å². The van der Waals surface area contributed by atoms with Crippen LogP contribution in [0.5, 0.6) is 5.75 Å². The van der Waals surface area contributed by atoms with Gasteiger partial charge in [0.1, 0.15) is 5.75 Å². The third kappa shape index (κ3) is 3.67. The molecule has 0 unspecified atom stereocenters. The molecular weight excluding hydrogens is 272 g/mol. The minimum absolute atomic E-state index is 0.396. The first kappa shape index (κ1) is 15.1. The molecule has 0 aliphatic carbocycles. The number of hydrogen-bond acceptors (Lipinski definition) is 3. The molecule has 0 amide bonds. The minimum atomic E-state index is 0.396. The SMILES string of the molecule is COc1ccc(CN[C@@H]2CCCN[C@@H]2c2ccccc2)cc1. The summed E-state index contributed by atoms with van der Waals surface area (Å²) in [5.74, 6) is 0.908. The van der Waals surface area contributed by atoms with Gasteiger partial charge in [0.05, 0.1) is 7.11 Å². The highest BCUT2D eigenvalue weighted by Crippen LogP contribution is 2.24. The van der Waals surface area contributed by atoms with Crippen LogP contribution >= 0.6 is 0 Å². The first-order valence-electron chi connectivity index (χ1n) is 8.01. The van der Waals surface area contributed by atoms with Crippen LogP contribution in [0.15, 0.2) is 54.6 Å². The molecule has 2 atom stereocenters. The second-order valence-electron chi connectivity index (χ2n) is 5.82. The van der Waals surface area contributed by atoms with Crippen molar-refractivity contribution in [2.75, 3.05) is 13.7 Å². The average Bonchev–Trinajstić information content (AvgIpc) is 2.61. The lowest BCUT2D eigenvalue weighted by atomic mass is 9.92. The van der Waals surface area contributed by atoms with Crippen molar-refractivity contribution in [1.29, 1.82) is 0 Å². The molecule has 3 nitrogen and oxygen atoms in total. The molecule has 3 heteroatoms. The van der Waals surface area contributed by atoms with E-state index in [9.17, 15) is 0 Å². The summed E-state index contributed by atoms with van der Waals surface area (Å²) in [6.07, 6.45) is 2.44. The van der Waals surface area contributed by atoms with Crippen molar-refractivity contribution in [2.24, 2.45) is 0 Å². The molecule has 0 bridgehead atoms. The Morgan fingerprint density at radius 2 is 1.86 bits per heavy atom. The molecule has 2 aromatic rings. The first-order chi connectivity index (χ1) is 10.9. The minimum Gasteiger partial charge on any atom is -0.497 e. The van der Waals surface area contributed by atoms with Crippen LogP contribution in [0.1, 0.15) is 30.0 Å². The Kier molecular flexibility index (Phi) is 5.09. The van der Waals surface area contributed by atoms with E-state index in [4.69, 9.17) is 4.74 Å². The molecule has 1 saturated heterocycles. The molecular formula is C19H24N2O. The van der Waals surface area contributed by atoms with Crippen LogP contribution in [0.3, 0.4) is 0 Å². The first-order valence-corrected chi connectivity index (χ1v) is 8.01. The van der Waals surface area contributed by atoms with E-state index in [1.165, 1.54) is 24.0 Å². The number of rotatable bonds is 5. The zero-order valence-corrected chi connectivity index (χ0v) is 13.1. The molecule has 22 heavy (non-hydrogen) atoms. The standard InChI is InChI=1S/C19H24N2O/c1-22-17-11-9-15(10-12-17)14-21-18-8-5-13-20-19(18)16-6-3-2-4-7-16/h2-4,6-7,9-12,18-21H,5,8,13-14H2,1H3/t18-,19-/m1/s1. The molecule has 0 saturated carbocycles. The molecule has 0 aromatic heterocycles. The van der Waals surface area contributed by atoms with Gasteiger partial charge < -0.3 is 15.4 Å². The molecule has 1 aliphatic heterocycles. The Labute approximate surface area is 132 Å². The number of methoxy groups -OCH3 is 1. The van der Waals surface area contributed by atoms with Gasteiger partial charge in [0.2, 0.25) is 0 Å². The molecule has 1 fully saturated rings. The fourth-order valence-corrected chi connectivity index (χ4v) is 3.11. The maximum absolute atomic E-state index is 5.21. The van der Waals surface area contributed by atoms with Crippen LogP contribution < -0.4 is 15.4 Å². The maximum atomic E-state index is 5.21. The lowest BCUT2D eigenvalue weighted by Crippen LogP contribution is -2.45. The number of nitrogens with one attached hydrogen (secondary N) is 2. The second-order valence-corrected chi connectivity index (χ2v) is 5.82. The van der Waals surface area contributed by atoms with Crippen LogP contribution in [0.2, 0.25) is 0 Å². The van der Waals surface area contributed by atoms with Gasteiger partial charge in [-0.15, -0.1) is 0 Å². The zero-order valence-electron chi connectivity index (χ0n) is 13.1. The summed E-state index contributed by atoms with van der Waals surface area (Å²) < 4.78 is 5.21. The predicted molar refractivity (Wildman–Crippen MR) is 90.0 cm³/mol. The maximum Gasteiger partial charge on any atom is 0.118 e. The molecule has 0 radical (unpaired) electrons. The van der Waals surface area contributed by atoms with Crippen molar-refractivity contribution in [3.05, 3.63) is 65.7 Å². The Bertz CT molecular complexity index is 568. The Balaban J connectivity index is 1.64. The molecule has 2 N–H and O–H groups in total. The third-order valence-electron chi connectivity index (χ3n) is 4.34. The molecule has 2 aromatic carbocycles. The number of hydrogen-bond donors (Lipinski definition) is 2. The van der Waals surface area contributed by atoms with E-state index < -0.39 is 0 Å². The third-order valence-corrected chi connectivity index (χ3v) is 4.34. The topological polar surface area (TPSA) is 33.3 Å². The monoisotopic (exact) mass is 296 g/mol. The summed E-state index contributed by atoms with van der Waals surface area (Å²) >= 11 is 0. The van der Waals surface area contributed by atoms with Crippen LogP contribution in [0.4, 0.5) is 0 Å². The Morgan fingerprint density at radius 1 is 1.09 bits per heavy atom. The van der Waals surface area contributed by atoms with Gasteiger partial charge in [0, 0.05) is 18.6 Å². The summed E-state index contributed by atoms with van der Waals surface area (Å²) in [7, 11) is 1.70. The quantitative estimate of drug-likeness (QED) is 0.888. The highest BCUT2D eigenvalue weighted by Gasteiger charge is 2.25. The van der Waals surface area contributed by atoms with Crippen molar-refractivity contribution >= 4 is 0 Å².